The predicted octanol–water partition coefficient (Wildman–Crippen LogP) is 4.28. The molecule has 0 bridgehead atoms. The molecule has 0 spiro atoms. The van der Waals surface area contributed by atoms with Gasteiger partial charge in [-0.3, -0.25) is 4.90 Å². The minimum absolute atomic E-state index is 0.249. The Morgan fingerprint density at radius 1 is 1.26 bits per heavy atom. The smallest absolute Gasteiger partial charge is 0.187 e. The Morgan fingerprint density at radius 3 is 2.74 bits per heavy atom. The summed E-state index contributed by atoms with van der Waals surface area (Å²) < 4.78 is 40.4. The zero-order valence-corrected chi connectivity index (χ0v) is 19.3. The standard InChI is InChI=1S/C23H26FN3O2S2/c1-17-10-23(31(28,29)15-19-14-30-16-25-19)21(24)11-22(17)26(2)20-8-9-27(13-20)12-18-6-4-3-5-7-18/h3-7,10-11,14,16,20H,8-9,12-13,15H2,1-2H3/t20-/m1/s1. The number of halogens is 1. The molecule has 1 atom stereocenters. The van der Waals surface area contributed by atoms with Gasteiger partial charge in [-0.2, -0.15) is 0 Å². The lowest BCUT2D eigenvalue weighted by Gasteiger charge is -2.29. The largest absolute Gasteiger partial charge is 0.370 e. The van der Waals surface area contributed by atoms with Crippen LogP contribution in [0.4, 0.5) is 10.1 Å². The first-order valence-corrected chi connectivity index (χ1v) is 12.8. The second-order valence-corrected chi connectivity index (χ2v) is 10.8. The van der Waals surface area contributed by atoms with Crippen molar-refractivity contribution in [3.8, 4) is 0 Å². The van der Waals surface area contributed by atoms with Crippen LogP contribution in [0.3, 0.4) is 0 Å². The van der Waals surface area contributed by atoms with Gasteiger partial charge in [0.25, 0.3) is 0 Å². The van der Waals surface area contributed by atoms with E-state index in [1.165, 1.54) is 29.0 Å². The highest BCUT2D eigenvalue weighted by atomic mass is 32.2. The third kappa shape index (κ3) is 4.97. The minimum Gasteiger partial charge on any atom is -0.370 e. The summed E-state index contributed by atoms with van der Waals surface area (Å²) >= 11 is 1.32. The maximum Gasteiger partial charge on any atom is 0.187 e. The van der Waals surface area contributed by atoms with Gasteiger partial charge < -0.3 is 4.90 Å². The van der Waals surface area contributed by atoms with E-state index in [4.69, 9.17) is 0 Å². The molecule has 4 rings (SSSR count). The summed E-state index contributed by atoms with van der Waals surface area (Å²) in [4.78, 5) is 8.24. The predicted molar refractivity (Wildman–Crippen MR) is 123 cm³/mol. The van der Waals surface area contributed by atoms with Crippen LogP contribution < -0.4 is 4.90 Å². The normalized spacial score (nSPS) is 17.2. The van der Waals surface area contributed by atoms with Crippen LogP contribution in [0.2, 0.25) is 0 Å². The molecule has 8 heteroatoms. The molecular formula is C23H26FN3O2S2. The van der Waals surface area contributed by atoms with Crippen molar-refractivity contribution in [1.82, 2.24) is 9.88 Å². The van der Waals surface area contributed by atoms with Crippen LogP contribution >= 0.6 is 11.3 Å². The van der Waals surface area contributed by atoms with Gasteiger partial charge in [0.1, 0.15) is 10.7 Å². The van der Waals surface area contributed by atoms with Gasteiger partial charge in [0, 0.05) is 43.8 Å². The van der Waals surface area contributed by atoms with E-state index in [0.29, 0.717) is 5.69 Å². The van der Waals surface area contributed by atoms with Crippen LogP contribution in [0.15, 0.2) is 58.3 Å². The molecule has 0 N–H and O–H groups in total. The van der Waals surface area contributed by atoms with Crippen LogP contribution in [0.25, 0.3) is 0 Å². The van der Waals surface area contributed by atoms with Gasteiger partial charge >= 0.3 is 0 Å². The first-order chi connectivity index (χ1) is 14.8. The fraction of sp³-hybridized carbons (Fsp3) is 0.348. The van der Waals surface area contributed by atoms with Gasteiger partial charge in [-0.25, -0.2) is 17.8 Å². The molecule has 0 unspecified atom stereocenters. The SMILES string of the molecule is Cc1cc(S(=O)(=O)Cc2cscn2)c(F)cc1N(C)[C@@H]1CCN(Cc2ccccc2)C1. The molecule has 31 heavy (non-hydrogen) atoms. The summed E-state index contributed by atoms with van der Waals surface area (Å²) in [5.41, 5.74) is 4.78. The molecule has 0 amide bonds. The fourth-order valence-electron chi connectivity index (χ4n) is 4.15. The van der Waals surface area contributed by atoms with Crippen LogP contribution in [0.1, 0.15) is 23.2 Å². The van der Waals surface area contributed by atoms with E-state index in [2.05, 4.69) is 26.9 Å². The lowest BCUT2D eigenvalue weighted by molar-refractivity contribution is 0.326. The van der Waals surface area contributed by atoms with E-state index >= 15 is 0 Å². The molecule has 2 aromatic carbocycles. The highest BCUT2D eigenvalue weighted by Crippen LogP contribution is 2.30. The Morgan fingerprint density at radius 2 is 2.03 bits per heavy atom. The third-order valence-electron chi connectivity index (χ3n) is 5.83. The second-order valence-electron chi connectivity index (χ2n) is 8.08. The number of hydrogen-bond donors (Lipinski definition) is 0. The Bertz CT molecular complexity index is 1140. The lowest BCUT2D eigenvalue weighted by Crippen LogP contribution is -2.35. The number of rotatable bonds is 7. The third-order valence-corrected chi connectivity index (χ3v) is 8.13. The van der Waals surface area contributed by atoms with Crippen molar-refractivity contribution in [3.05, 3.63) is 76.0 Å². The van der Waals surface area contributed by atoms with Gasteiger partial charge in [0.05, 0.1) is 17.0 Å². The first kappa shape index (κ1) is 21.9. The highest BCUT2D eigenvalue weighted by molar-refractivity contribution is 7.90. The monoisotopic (exact) mass is 459 g/mol. The maximum absolute atomic E-state index is 14.9. The van der Waals surface area contributed by atoms with Crippen LogP contribution in [-0.4, -0.2) is 44.5 Å². The number of aryl methyl sites for hydroxylation is 1. The number of thiazole rings is 1. The zero-order valence-electron chi connectivity index (χ0n) is 17.7. The Kier molecular flexibility index (Phi) is 6.41. The molecule has 164 valence electrons. The zero-order chi connectivity index (χ0) is 22.0. The number of nitrogens with zero attached hydrogens (tertiary/aromatic N) is 3. The number of benzene rings is 2. The second kappa shape index (κ2) is 9.06. The minimum atomic E-state index is -3.80. The molecule has 1 fully saturated rings. The number of aromatic nitrogens is 1. The van der Waals surface area contributed by atoms with Gasteiger partial charge in [0.15, 0.2) is 9.84 Å². The lowest BCUT2D eigenvalue weighted by atomic mass is 10.1. The quantitative estimate of drug-likeness (QED) is 0.528. The van der Waals surface area contributed by atoms with E-state index in [0.717, 1.165) is 37.3 Å². The summed E-state index contributed by atoms with van der Waals surface area (Å²) in [5.74, 6) is -0.999. The van der Waals surface area contributed by atoms with Crippen molar-refractivity contribution in [2.75, 3.05) is 25.0 Å². The molecule has 1 saturated heterocycles. The van der Waals surface area contributed by atoms with Crippen molar-refractivity contribution in [1.29, 1.82) is 0 Å². The Balaban J connectivity index is 1.49. The average molecular weight is 460 g/mol. The van der Waals surface area contributed by atoms with Crippen molar-refractivity contribution < 1.29 is 12.8 Å². The molecule has 0 radical (unpaired) electrons. The molecule has 0 saturated carbocycles. The number of likely N-dealkylation sites (tertiary alicyclic amines) is 1. The maximum atomic E-state index is 14.9. The van der Waals surface area contributed by atoms with E-state index in [-0.39, 0.29) is 16.7 Å². The highest BCUT2D eigenvalue weighted by Gasteiger charge is 2.28. The molecule has 1 aliphatic heterocycles. The van der Waals surface area contributed by atoms with E-state index in [1.54, 1.807) is 10.9 Å². The van der Waals surface area contributed by atoms with Gasteiger partial charge in [-0.05, 0) is 36.6 Å². The van der Waals surface area contributed by atoms with Gasteiger partial charge in [-0.1, -0.05) is 30.3 Å². The first-order valence-electron chi connectivity index (χ1n) is 10.2. The van der Waals surface area contributed by atoms with Crippen molar-refractivity contribution in [2.24, 2.45) is 0 Å². The summed E-state index contributed by atoms with van der Waals surface area (Å²) in [6, 6.07) is 13.4. The summed E-state index contributed by atoms with van der Waals surface area (Å²) in [5, 5.41) is 1.67. The molecule has 1 aromatic heterocycles. The Hall–Kier alpha value is -2.29. The molecule has 3 aromatic rings. The summed E-state index contributed by atoms with van der Waals surface area (Å²) in [6.45, 7) is 4.60. The van der Waals surface area contributed by atoms with Crippen molar-refractivity contribution >= 4 is 26.9 Å². The number of hydrogen-bond acceptors (Lipinski definition) is 6. The molecular weight excluding hydrogens is 433 g/mol. The van der Waals surface area contributed by atoms with Crippen LogP contribution in [-0.2, 0) is 22.1 Å². The summed E-state index contributed by atoms with van der Waals surface area (Å²) in [6.07, 6.45) is 0.980. The number of anilines is 1. The topological polar surface area (TPSA) is 53.5 Å². The van der Waals surface area contributed by atoms with E-state index < -0.39 is 15.7 Å². The van der Waals surface area contributed by atoms with Crippen molar-refractivity contribution in [3.63, 3.8) is 0 Å². The van der Waals surface area contributed by atoms with Crippen LogP contribution in [0, 0.1) is 12.7 Å². The average Bonchev–Trinajstić information content (AvgIpc) is 3.41. The van der Waals surface area contributed by atoms with Gasteiger partial charge in [-0.15, -0.1) is 11.3 Å². The van der Waals surface area contributed by atoms with Crippen LogP contribution in [0.5, 0.6) is 0 Å². The van der Waals surface area contributed by atoms with E-state index in [1.807, 2.05) is 32.2 Å². The number of likely N-dealkylation sites (N-methyl/N-ethyl adjacent to an activating group) is 1. The van der Waals surface area contributed by atoms with Crippen molar-refractivity contribution in [2.45, 2.75) is 36.6 Å². The van der Waals surface area contributed by atoms with Gasteiger partial charge in [0.2, 0.25) is 0 Å². The number of sulfone groups is 1. The summed E-state index contributed by atoms with van der Waals surface area (Å²) in [7, 11) is -1.84. The molecule has 5 nitrogen and oxygen atoms in total. The Labute approximate surface area is 187 Å². The fourth-order valence-corrected chi connectivity index (χ4v) is 6.23. The molecule has 2 heterocycles. The van der Waals surface area contributed by atoms with E-state index in [9.17, 15) is 12.8 Å². The molecule has 0 aliphatic carbocycles. The molecule has 1 aliphatic rings.